The van der Waals surface area contributed by atoms with Crippen LogP contribution in [0.4, 0.5) is 0 Å². The van der Waals surface area contributed by atoms with E-state index in [0.29, 0.717) is 6.61 Å². The number of nitrogens with zero attached hydrogens (tertiary/aromatic N) is 2. The predicted octanol–water partition coefficient (Wildman–Crippen LogP) is 4.29. The maximum Gasteiger partial charge on any atom is 0.120 e. The van der Waals surface area contributed by atoms with Crippen LogP contribution in [-0.2, 0) is 19.7 Å². The molecule has 0 fully saturated rings. The zero-order valence-electron chi connectivity index (χ0n) is 13.9. The predicted molar refractivity (Wildman–Crippen MR) is 96.6 cm³/mol. The van der Waals surface area contributed by atoms with Crippen molar-refractivity contribution in [2.45, 2.75) is 19.7 Å². The van der Waals surface area contributed by atoms with E-state index in [1.54, 1.807) is 6.20 Å². The molecule has 0 aliphatic heterocycles. The van der Waals surface area contributed by atoms with Crippen molar-refractivity contribution >= 4 is 0 Å². The minimum Gasteiger partial charge on any atom is -0.489 e. The maximum absolute atomic E-state index is 5.90. The number of pyridine rings is 1. The number of benzene rings is 2. The highest BCUT2D eigenvalue weighted by Gasteiger charge is 2.04. The third-order valence-electron chi connectivity index (χ3n) is 3.77. The summed E-state index contributed by atoms with van der Waals surface area (Å²) >= 11 is 0. The molecule has 0 aliphatic rings. The van der Waals surface area contributed by atoms with E-state index < -0.39 is 0 Å². The standard InChI is InChI=1S/C21H22N2O/c1-23(16-20-10-6-12-22-14-20)15-19-9-5-11-21(13-19)24-17-18-7-3-2-4-8-18/h2-14H,15-17H2,1H3. The Kier molecular flexibility index (Phi) is 5.59. The number of ether oxygens (including phenoxy) is 1. The molecule has 0 N–H and O–H groups in total. The molecule has 0 radical (unpaired) electrons. The van der Waals surface area contributed by atoms with E-state index in [4.69, 9.17) is 4.74 Å². The van der Waals surface area contributed by atoms with E-state index in [9.17, 15) is 0 Å². The number of hydrogen-bond donors (Lipinski definition) is 0. The Hall–Kier alpha value is -2.65. The van der Waals surface area contributed by atoms with Gasteiger partial charge in [-0.15, -0.1) is 0 Å². The van der Waals surface area contributed by atoms with Crippen LogP contribution in [-0.4, -0.2) is 16.9 Å². The lowest BCUT2D eigenvalue weighted by molar-refractivity contribution is 0.301. The van der Waals surface area contributed by atoms with Gasteiger partial charge in [-0.2, -0.15) is 0 Å². The highest BCUT2D eigenvalue weighted by molar-refractivity contribution is 5.29. The second-order valence-electron chi connectivity index (χ2n) is 5.96. The molecule has 3 heteroatoms. The summed E-state index contributed by atoms with van der Waals surface area (Å²) < 4.78 is 5.90. The van der Waals surface area contributed by atoms with E-state index in [2.05, 4.69) is 47.3 Å². The average molecular weight is 318 g/mol. The maximum atomic E-state index is 5.90. The summed E-state index contributed by atoms with van der Waals surface area (Å²) in [5, 5.41) is 0. The molecule has 3 rings (SSSR count). The molecule has 1 aromatic heterocycles. The van der Waals surface area contributed by atoms with Crippen LogP contribution in [0.25, 0.3) is 0 Å². The molecular formula is C21H22N2O. The van der Waals surface area contributed by atoms with Crippen LogP contribution in [0.1, 0.15) is 16.7 Å². The normalized spacial score (nSPS) is 10.8. The third kappa shape index (κ3) is 4.93. The number of aromatic nitrogens is 1. The first-order valence-electron chi connectivity index (χ1n) is 8.13. The zero-order chi connectivity index (χ0) is 16.6. The fourth-order valence-electron chi connectivity index (χ4n) is 2.65. The van der Waals surface area contributed by atoms with Crippen LogP contribution in [0, 0.1) is 0 Å². The zero-order valence-corrected chi connectivity index (χ0v) is 13.9. The summed E-state index contributed by atoms with van der Waals surface area (Å²) in [6, 6.07) is 22.6. The van der Waals surface area contributed by atoms with E-state index in [0.717, 1.165) is 18.8 Å². The van der Waals surface area contributed by atoms with Gasteiger partial charge in [0.05, 0.1) is 0 Å². The molecule has 0 spiro atoms. The smallest absolute Gasteiger partial charge is 0.120 e. The molecule has 2 aromatic carbocycles. The summed E-state index contributed by atoms with van der Waals surface area (Å²) in [5.41, 5.74) is 3.64. The van der Waals surface area contributed by atoms with Gasteiger partial charge in [-0.3, -0.25) is 9.88 Å². The largest absolute Gasteiger partial charge is 0.489 e. The highest BCUT2D eigenvalue weighted by Crippen LogP contribution is 2.17. The second kappa shape index (κ2) is 8.27. The SMILES string of the molecule is CN(Cc1cccnc1)Cc1cccc(OCc2ccccc2)c1. The molecule has 122 valence electrons. The van der Waals surface area contributed by atoms with Gasteiger partial charge in [-0.25, -0.2) is 0 Å². The van der Waals surface area contributed by atoms with Crippen LogP contribution in [0.3, 0.4) is 0 Å². The van der Waals surface area contributed by atoms with Crippen LogP contribution in [0.15, 0.2) is 79.1 Å². The van der Waals surface area contributed by atoms with Crippen molar-refractivity contribution in [2.75, 3.05) is 7.05 Å². The quantitative estimate of drug-likeness (QED) is 0.650. The van der Waals surface area contributed by atoms with Crippen LogP contribution < -0.4 is 4.74 Å². The van der Waals surface area contributed by atoms with Crippen LogP contribution in [0.5, 0.6) is 5.75 Å². The van der Waals surface area contributed by atoms with Gasteiger partial charge in [-0.05, 0) is 41.9 Å². The molecule has 0 saturated carbocycles. The van der Waals surface area contributed by atoms with E-state index in [-0.39, 0.29) is 0 Å². The van der Waals surface area contributed by atoms with Crippen molar-refractivity contribution in [3.05, 3.63) is 95.8 Å². The topological polar surface area (TPSA) is 25.4 Å². The average Bonchev–Trinajstić information content (AvgIpc) is 2.62. The number of rotatable bonds is 7. The van der Waals surface area contributed by atoms with Gasteiger partial charge in [0.2, 0.25) is 0 Å². The Morgan fingerprint density at radius 1 is 0.833 bits per heavy atom. The van der Waals surface area contributed by atoms with Crippen molar-refractivity contribution < 1.29 is 4.74 Å². The lowest BCUT2D eigenvalue weighted by Crippen LogP contribution is -2.17. The Morgan fingerprint density at radius 3 is 2.38 bits per heavy atom. The Bertz CT molecular complexity index is 744. The van der Waals surface area contributed by atoms with Gasteiger partial charge in [-0.1, -0.05) is 48.5 Å². The Balaban J connectivity index is 1.56. The third-order valence-corrected chi connectivity index (χ3v) is 3.77. The summed E-state index contributed by atoms with van der Waals surface area (Å²) in [6.45, 7) is 2.34. The summed E-state index contributed by atoms with van der Waals surface area (Å²) in [5.74, 6) is 0.908. The van der Waals surface area contributed by atoms with Gasteiger partial charge in [0.25, 0.3) is 0 Å². The van der Waals surface area contributed by atoms with E-state index in [1.165, 1.54) is 16.7 Å². The molecule has 3 nitrogen and oxygen atoms in total. The van der Waals surface area contributed by atoms with Gasteiger partial charge in [0.1, 0.15) is 12.4 Å². The van der Waals surface area contributed by atoms with Gasteiger partial charge in [0.15, 0.2) is 0 Å². The van der Waals surface area contributed by atoms with Gasteiger partial charge < -0.3 is 4.74 Å². The van der Waals surface area contributed by atoms with E-state index in [1.807, 2.05) is 42.6 Å². The molecule has 1 heterocycles. The Labute approximate surface area is 143 Å². The number of hydrogen-bond acceptors (Lipinski definition) is 3. The van der Waals surface area contributed by atoms with Crippen LogP contribution >= 0.6 is 0 Å². The van der Waals surface area contributed by atoms with Gasteiger partial charge in [0, 0.05) is 25.5 Å². The summed E-state index contributed by atoms with van der Waals surface area (Å²) in [6.07, 6.45) is 3.72. The van der Waals surface area contributed by atoms with E-state index >= 15 is 0 Å². The molecule has 0 aliphatic carbocycles. The molecule has 0 saturated heterocycles. The van der Waals surface area contributed by atoms with Crippen molar-refractivity contribution in [2.24, 2.45) is 0 Å². The van der Waals surface area contributed by atoms with Crippen molar-refractivity contribution in [3.8, 4) is 5.75 Å². The molecule has 0 bridgehead atoms. The van der Waals surface area contributed by atoms with Crippen molar-refractivity contribution in [1.82, 2.24) is 9.88 Å². The lowest BCUT2D eigenvalue weighted by Gasteiger charge is -2.17. The first kappa shape index (κ1) is 16.2. The van der Waals surface area contributed by atoms with Crippen LogP contribution in [0.2, 0.25) is 0 Å². The molecular weight excluding hydrogens is 296 g/mol. The first-order chi connectivity index (χ1) is 11.8. The molecule has 3 aromatic rings. The summed E-state index contributed by atoms with van der Waals surface area (Å²) in [7, 11) is 2.12. The minimum atomic E-state index is 0.593. The highest BCUT2D eigenvalue weighted by atomic mass is 16.5. The Morgan fingerprint density at radius 2 is 1.58 bits per heavy atom. The molecule has 24 heavy (non-hydrogen) atoms. The molecule has 0 atom stereocenters. The fourth-order valence-corrected chi connectivity index (χ4v) is 2.65. The molecule has 0 amide bonds. The minimum absolute atomic E-state index is 0.593. The second-order valence-corrected chi connectivity index (χ2v) is 5.96. The molecule has 0 unspecified atom stereocenters. The monoisotopic (exact) mass is 318 g/mol. The lowest BCUT2D eigenvalue weighted by atomic mass is 10.2. The van der Waals surface area contributed by atoms with Gasteiger partial charge >= 0.3 is 0 Å². The first-order valence-corrected chi connectivity index (χ1v) is 8.13. The van der Waals surface area contributed by atoms with Crippen molar-refractivity contribution in [1.29, 1.82) is 0 Å². The summed E-state index contributed by atoms with van der Waals surface area (Å²) in [4.78, 5) is 6.44. The van der Waals surface area contributed by atoms with Crippen molar-refractivity contribution in [3.63, 3.8) is 0 Å². The fraction of sp³-hybridized carbons (Fsp3) is 0.190.